The van der Waals surface area contributed by atoms with Gasteiger partial charge in [0, 0.05) is 30.0 Å². The highest BCUT2D eigenvalue weighted by atomic mass is 32.2. The summed E-state index contributed by atoms with van der Waals surface area (Å²) in [6.07, 6.45) is 9.56. The molecule has 2 bridgehead atoms. The number of unbranched alkanes of at least 4 members (excludes halogenated alkanes) is 3. The molecule has 2 unspecified atom stereocenters. The van der Waals surface area contributed by atoms with Crippen molar-refractivity contribution in [3.8, 4) is 0 Å². The summed E-state index contributed by atoms with van der Waals surface area (Å²) in [6, 6.07) is -0.667. The molecule has 1 N–H and O–H groups in total. The van der Waals surface area contributed by atoms with Gasteiger partial charge in [-0.05, 0) is 77.6 Å². The lowest BCUT2D eigenvalue weighted by Gasteiger charge is -2.46. The summed E-state index contributed by atoms with van der Waals surface area (Å²) in [5.41, 5.74) is -0.474. The first-order valence-corrected chi connectivity index (χ1v) is 15.8. The van der Waals surface area contributed by atoms with E-state index in [-0.39, 0.29) is 29.8 Å². The topological polar surface area (TPSA) is 87.1 Å². The molecule has 3 aliphatic heterocycles. The third-order valence-electron chi connectivity index (χ3n) is 8.89. The Hall–Kier alpha value is -1.80. The summed E-state index contributed by atoms with van der Waals surface area (Å²) in [4.78, 5) is 46.2. The number of carbonyl (C=O) groups excluding carboxylic acids is 3. The predicted molar refractivity (Wildman–Crippen MR) is 162 cm³/mol. The zero-order valence-electron chi connectivity index (χ0n) is 25.7. The van der Waals surface area contributed by atoms with E-state index in [0.717, 1.165) is 32.1 Å². The van der Waals surface area contributed by atoms with E-state index in [1.54, 1.807) is 22.7 Å². The number of aliphatic hydroxyl groups excluding tert-OH is 1. The van der Waals surface area contributed by atoms with Gasteiger partial charge in [-0.2, -0.15) is 0 Å². The summed E-state index contributed by atoms with van der Waals surface area (Å²) in [7, 11) is 0. The van der Waals surface area contributed by atoms with Crippen molar-refractivity contribution in [1.29, 1.82) is 0 Å². The number of likely N-dealkylation sites (tertiary alicyclic amines) is 1. The highest BCUT2D eigenvalue weighted by molar-refractivity contribution is 8.02. The fraction of sp³-hybridized carbons (Fsp3) is 0.781. The molecule has 3 aliphatic rings. The first kappa shape index (κ1) is 32.7. The molecule has 5 atom stereocenters. The summed E-state index contributed by atoms with van der Waals surface area (Å²) in [6.45, 7) is 21.6. The molecule has 3 heterocycles. The molecular formula is C32H52N2O5S. The molecule has 226 valence electrons. The molecule has 7 nitrogen and oxygen atoms in total. The number of fused-ring (bicyclic) bond motifs is 1. The highest BCUT2D eigenvalue weighted by Crippen LogP contribution is 2.71. The highest BCUT2D eigenvalue weighted by Gasteiger charge is 2.77. The lowest BCUT2D eigenvalue weighted by Crippen LogP contribution is -2.60. The van der Waals surface area contributed by atoms with Crippen molar-refractivity contribution in [3.63, 3.8) is 0 Å². The van der Waals surface area contributed by atoms with Crippen molar-refractivity contribution < 1.29 is 24.2 Å². The van der Waals surface area contributed by atoms with E-state index in [0.29, 0.717) is 39.0 Å². The van der Waals surface area contributed by atoms with E-state index in [2.05, 4.69) is 54.7 Å². The van der Waals surface area contributed by atoms with Crippen LogP contribution in [0, 0.1) is 17.3 Å². The van der Waals surface area contributed by atoms with Crippen molar-refractivity contribution >= 4 is 29.5 Å². The second-order valence-corrected chi connectivity index (χ2v) is 15.8. The summed E-state index contributed by atoms with van der Waals surface area (Å²) in [5, 5.41) is 9.44. The Labute approximate surface area is 246 Å². The van der Waals surface area contributed by atoms with Crippen LogP contribution in [0.2, 0.25) is 0 Å². The van der Waals surface area contributed by atoms with Gasteiger partial charge >= 0.3 is 5.97 Å². The molecular weight excluding hydrogens is 524 g/mol. The van der Waals surface area contributed by atoms with Crippen LogP contribution in [0.5, 0.6) is 0 Å². The third kappa shape index (κ3) is 6.33. The van der Waals surface area contributed by atoms with Crippen LogP contribution in [-0.2, 0) is 19.1 Å². The number of aliphatic hydroxyl groups is 1. The lowest BCUT2D eigenvalue weighted by atomic mass is 9.66. The minimum Gasteiger partial charge on any atom is -0.465 e. The number of esters is 1. The number of hydrogen-bond acceptors (Lipinski definition) is 6. The van der Waals surface area contributed by atoms with Crippen LogP contribution >= 0.6 is 11.8 Å². The monoisotopic (exact) mass is 576 g/mol. The van der Waals surface area contributed by atoms with Crippen LogP contribution in [0.1, 0.15) is 92.9 Å². The second kappa shape index (κ2) is 12.6. The largest absolute Gasteiger partial charge is 0.465 e. The number of amides is 2. The molecule has 0 saturated carbocycles. The molecule has 0 aromatic carbocycles. The zero-order valence-corrected chi connectivity index (χ0v) is 26.5. The maximum Gasteiger partial charge on any atom is 0.311 e. The average Bonchev–Trinajstić information content (AvgIpc) is 3.41. The number of nitrogens with zero attached hydrogens (tertiary/aromatic N) is 2. The van der Waals surface area contributed by atoms with Gasteiger partial charge in [0.2, 0.25) is 11.8 Å². The van der Waals surface area contributed by atoms with Crippen LogP contribution in [0.25, 0.3) is 0 Å². The van der Waals surface area contributed by atoms with Crippen molar-refractivity contribution in [2.75, 3.05) is 26.3 Å². The van der Waals surface area contributed by atoms with Crippen molar-refractivity contribution in [3.05, 3.63) is 25.3 Å². The van der Waals surface area contributed by atoms with Gasteiger partial charge in [-0.1, -0.05) is 32.9 Å². The molecule has 0 aliphatic carbocycles. The fourth-order valence-electron chi connectivity index (χ4n) is 7.66. The maximum atomic E-state index is 14.7. The zero-order chi connectivity index (χ0) is 29.9. The Bertz CT molecular complexity index is 975. The molecule has 0 radical (unpaired) electrons. The molecule has 3 saturated heterocycles. The summed E-state index contributed by atoms with van der Waals surface area (Å²) >= 11 is 1.68. The van der Waals surface area contributed by atoms with Crippen LogP contribution in [0.3, 0.4) is 0 Å². The molecule has 0 aromatic rings. The molecule has 1 spiro atoms. The van der Waals surface area contributed by atoms with Crippen LogP contribution < -0.4 is 0 Å². The Morgan fingerprint density at radius 3 is 2.42 bits per heavy atom. The minimum atomic E-state index is -0.675. The molecule has 3 rings (SSSR count). The van der Waals surface area contributed by atoms with E-state index in [4.69, 9.17) is 4.74 Å². The predicted octanol–water partition coefficient (Wildman–Crippen LogP) is 5.37. The van der Waals surface area contributed by atoms with Gasteiger partial charge < -0.3 is 19.6 Å². The Kier molecular flexibility index (Phi) is 10.3. The Balaban J connectivity index is 1.99. The number of ether oxygens (including phenoxy) is 1. The normalized spacial score (nSPS) is 29.4. The number of carbonyl (C=O) groups is 3. The van der Waals surface area contributed by atoms with Gasteiger partial charge in [0.1, 0.15) is 6.04 Å². The minimum absolute atomic E-state index is 0.00903. The molecule has 0 aromatic heterocycles. The van der Waals surface area contributed by atoms with Gasteiger partial charge in [0.05, 0.1) is 23.2 Å². The van der Waals surface area contributed by atoms with Gasteiger partial charge in [0.15, 0.2) is 0 Å². The van der Waals surface area contributed by atoms with E-state index in [1.165, 1.54) is 0 Å². The van der Waals surface area contributed by atoms with Gasteiger partial charge in [0.25, 0.3) is 0 Å². The van der Waals surface area contributed by atoms with E-state index in [9.17, 15) is 19.5 Å². The van der Waals surface area contributed by atoms with Crippen molar-refractivity contribution in [2.45, 2.75) is 114 Å². The van der Waals surface area contributed by atoms with Gasteiger partial charge in [-0.15, -0.1) is 24.9 Å². The molecule has 8 heteroatoms. The van der Waals surface area contributed by atoms with E-state index < -0.39 is 32.9 Å². The van der Waals surface area contributed by atoms with Crippen molar-refractivity contribution in [1.82, 2.24) is 9.80 Å². The molecule has 2 amide bonds. The lowest BCUT2D eigenvalue weighted by molar-refractivity contribution is -0.155. The Morgan fingerprint density at radius 1 is 1.12 bits per heavy atom. The second-order valence-electron chi connectivity index (χ2n) is 13.9. The summed E-state index contributed by atoms with van der Waals surface area (Å²) in [5.74, 6) is -1.66. The smallest absolute Gasteiger partial charge is 0.311 e. The first-order valence-electron chi connectivity index (χ1n) is 15.0. The SMILES string of the molecule is C=CCCCCOC(=O)[C@@H]1[C@H]2C(=O)N(CCCCO)C(C(=O)N(CC=C)C(C)(C)CC(C)(C)C)C23CC[C@@]1(C)S3. The van der Waals surface area contributed by atoms with Crippen molar-refractivity contribution in [2.24, 2.45) is 17.3 Å². The van der Waals surface area contributed by atoms with E-state index in [1.807, 2.05) is 11.0 Å². The molecule has 3 fully saturated rings. The Morgan fingerprint density at radius 2 is 1.82 bits per heavy atom. The molecule has 40 heavy (non-hydrogen) atoms. The number of allylic oxidation sites excluding steroid dienone is 1. The standard InChI is InChI=1S/C32H52N2O5S/c1-9-11-12-15-21-39-28(38)24-23-26(36)33(19-13-14-20-35)25(32(23)17-16-31(24,8)40-32)27(37)34(18-10-2)30(6,7)22-29(3,4)5/h9-10,23-25,35H,1-2,11-22H2,3-8H3/t23-,24-,25?,31+,32?/m0/s1. The van der Waals surface area contributed by atoms with Crippen LogP contribution in [0.4, 0.5) is 0 Å². The van der Waals surface area contributed by atoms with Crippen LogP contribution in [-0.4, -0.2) is 80.1 Å². The average molecular weight is 577 g/mol. The van der Waals surface area contributed by atoms with Gasteiger partial charge in [-0.25, -0.2) is 0 Å². The summed E-state index contributed by atoms with van der Waals surface area (Å²) < 4.78 is 4.65. The number of thioether (sulfide) groups is 1. The third-order valence-corrected chi connectivity index (χ3v) is 10.9. The number of rotatable bonds is 15. The number of hydrogen-bond donors (Lipinski definition) is 1. The van der Waals surface area contributed by atoms with E-state index >= 15 is 0 Å². The quantitative estimate of drug-likeness (QED) is 0.160. The fourth-order valence-corrected chi connectivity index (χ4v) is 10.00. The maximum absolute atomic E-state index is 14.7. The van der Waals surface area contributed by atoms with Crippen LogP contribution in [0.15, 0.2) is 25.3 Å². The van der Waals surface area contributed by atoms with Gasteiger partial charge in [-0.3, -0.25) is 14.4 Å². The first-order chi connectivity index (χ1) is 18.7.